The summed E-state index contributed by atoms with van der Waals surface area (Å²) in [6.45, 7) is 6.34. The van der Waals surface area contributed by atoms with E-state index >= 15 is 0 Å². The molecule has 1 aliphatic rings. The van der Waals surface area contributed by atoms with Gasteiger partial charge in [-0.1, -0.05) is 55.8 Å². The maximum Gasteiger partial charge on any atom is 0.00278 e. The molecule has 2 rings (SSSR count). The molecule has 0 spiro atoms. The van der Waals surface area contributed by atoms with Crippen LogP contribution in [0.2, 0.25) is 0 Å². The van der Waals surface area contributed by atoms with Gasteiger partial charge in [0.2, 0.25) is 0 Å². The predicted octanol–water partition coefficient (Wildman–Crippen LogP) is 4.86. The summed E-state index contributed by atoms with van der Waals surface area (Å²) in [5, 5.41) is 3.18. The summed E-state index contributed by atoms with van der Waals surface area (Å²) in [4.78, 5) is 0. The van der Waals surface area contributed by atoms with Crippen molar-refractivity contribution in [3.8, 4) is 0 Å². The van der Waals surface area contributed by atoms with Gasteiger partial charge in [0.15, 0.2) is 0 Å². The van der Waals surface area contributed by atoms with Gasteiger partial charge < -0.3 is 5.32 Å². The summed E-state index contributed by atoms with van der Waals surface area (Å²) in [7, 11) is 1.97. The van der Waals surface area contributed by atoms with Gasteiger partial charge in [0.25, 0.3) is 0 Å². The minimum Gasteiger partial charge on any atom is -0.394 e. The van der Waals surface area contributed by atoms with Crippen LogP contribution in [0.1, 0.15) is 36.8 Å². The molecule has 1 aliphatic carbocycles. The Bertz CT molecular complexity index is 516. The fraction of sp³-hybridized carbons (Fsp3) is 0.368. The van der Waals surface area contributed by atoms with Gasteiger partial charge in [-0.2, -0.15) is 0 Å². The van der Waals surface area contributed by atoms with E-state index in [4.69, 9.17) is 0 Å². The van der Waals surface area contributed by atoms with Crippen LogP contribution in [0.3, 0.4) is 0 Å². The highest BCUT2D eigenvalue weighted by atomic mass is 14.8. The van der Waals surface area contributed by atoms with Crippen LogP contribution in [-0.4, -0.2) is 7.05 Å². The third-order valence-electron chi connectivity index (χ3n) is 4.11. The van der Waals surface area contributed by atoms with E-state index in [0.717, 1.165) is 5.57 Å². The van der Waals surface area contributed by atoms with E-state index in [0.29, 0.717) is 5.92 Å². The monoisotopic (exact) mass is 267 g/mol. The molecule has 0 amide bonds. The fourth-order valence-corrected chi connectivity index (χ4v) is 2.95. The molecule has 1 aromatic carbocycles. The number of hydrogen-bond acceptors (Lipinski definition) is 1. The summed E-state index contributed by atoms with van der Waals surface area (Å²) >= 11 is 0. The number of aryl methyl sites for hydroxylation is 1. The van der Waals surface area contributed by atoms with Crippen molar-refractivity contribution in [3.63, 3.8) is 0 Å². The normalized spacial score (nSPS) is 16.8. The molecule has 0 bridgehead atoms. The van der Waals surface area contributed by atoms with Crippen molar-refractivity contribution in [1.82, 2.24) is 5.32 Å². The van der Waals surface area contributed by atoms with Crippen LogP contribution in [0, 0.1) is 12.8 Å². The van der Waals surface area contributed by atoms with Gasteiger partial charge in [0.05, 0.1) is 0 Å². The Balaban J connectivity index is 2.12. The zero-order valence-electron chi connectivity index (χ0n) is 12.7. The lowest BCUT2D eigenvalue weighted by Gasteiger charge is -2.11. The number of rotatable bonds is 5. The van der Waals surface area contributed by atoms with E-state index in [-0.39, 0.29) is 0 Å². The first-order valence-electron chi connectivity index (χ1n) is 7.52. The summed E-state index contributed by atoms with van der Waals surface area (Å²) in [6.07, 6.45) is 11.9. The van der Waals surface area contributed by atoms with Gasteiger partial charge in [-0.3, -0.25) is 0 Å². The average molecular weight is 267 g/mol. The van der Waals surface area contributed by atoms with E-state index in [1.807, 2.05) is 7.05 Å². The molecule has 1 N–H and O–H groups in total. The Morgan fingerprint density at radius 2 is 1.90 bits per heavy atom. The third kappa shape index (κ3) is 3.63. The van der Waals surface area contributed by atoms with Crippen LogP contribution in [0.4, 0.5) is 0 Å². The quantitative estimate of drug-likeness (QED) is 0.751. The highest BCUT2D eigenvalue weighted by molar-refractivity contribution is 5.74. The number of allylic oxidation sites excluding steroid dienone is 4. The highest BCUT2D eigenvalue weighted by Crippen LogP contribution is 2.32. The molecule has 0 aromatic heterocycles. The first kappa shape index (κ1) is 14.6. The van der Waals surface area contributed by atoms with Crippen molar-refractivity contribution in [3.05, 3.63) is 65.9 Å². The SMILES string of the molecule is C=C(/C=C\C(=C/NC)C1CCCC1)c1ccccc1C. The van der Waals surface area contributed by atoms with E-state index in [1.165, 1.54) is 42.4 Å². The van der Waals surface area contributed by atoms with Gasteiger partial charge in [-0.05, 0) is 54.2 Å². The first-order chi connectivity index (χ1) is 9.72. The first-order valence-corrected chi connectivity index (χ1v) is 7.52. The minimum atomic E-state index is 0.711. The zero-order chi connectivity index (χ0) is 14.4. The van der Waals surface area contributed by atoms with E-state index in [9.17, 15) is 0 Å². The molecular formula is C19H25N. The molecule has 1 saturated carbocycles. The average Bonchev–Trinajstić information content (AvgIpc) is 2.97. The van der Waals surface area contributed by atoms with Crippen molar-refractivity contribution in [2.75, 3.05) is 7.05 Å². The van der Waals surface area contributed by atoms with Crippen LogP contribution in [0.15, 0.2) is 54.8 Å². The second kappa shape index (κ2) is 7.14. The summed E-state index contributed by atoms with van der Waals surface area (Å²) in [5.74, 6) is 0.711. The Hall–Kier alpha value is -1.76. The molecule has 106 valence electrons. The largest absolute Gasteiger partial charge is 0.394 e. The molecule has 1 heteroatoms. The van der Waals surface area contributed by atoms with Crippen LogP contribution < -0.4 is 5.32 Å². The Morgan fingerprint density at radius 1 is 1.20 bits per heavy atom. The molecule has 1 nitrogen and oxygen atoms in total. The molecule has 1 aromatic rings. The van der Waals surface area contributed by atoms with Crippen molar-refractivity contribution in [2.45, 2.75) is 32.6 Å². The van der Waals surface area contributed by atoms with Crippen molar-refractivity contribution >= 4 is 5.57 Å². The Kier molecular flexibility index (Phi) is 5.23. The van der Waals surface area contributed by atoms with E-state index in [2.05, 4.69) is 61.4 Å². The number of hydrogen-bond donors (Lipinski definition) is 1. The Morgan fingerprint density at radius 3 is 2.55 bits per heavy atom. The van der Waals surface area contributed by atoms with Gasteiger partial charge in [-0.25, -0.2) is 0 Å². The van der Waals surface area contributed by atoms with Gasteiger partial charge in [-0.15, -0.1) is 0 Å². The van der Waals surface area contributed by atoms with Gasteiger partial charge in [0, 0.05) is 7.05 Å². The summed E-state index contributed by atoms with van der Waals surface area (Å²) in [6, 6.07) is 8.41. The van der Waals surface area contributed by atoms with E-state index < -0.39 is 0 Å². The van der Waals surface area contributed by atoms with Gasteiger partial charge in [0.1, 0.15) is 0 Å². The van der Waals surface area contributed by atoms with E-state index in [1.54, 1.807) is 0 Å². The van der Waals surface area contributed by atoms with Crippen molar-refractivity contribution in [2.24, 2.45) is 5.92 Å². The molecule has 0 atom stereocenters. The minimum absolute atomic E-state index is 0.711. The van der Waals surface area contributed by atoms with Crippen LogP contribution in [0.5, 0.6) is 0 Å². The lowest BCUT2D eigenvalue weighted by molar-refractivity contribution is 0.652. The summed E-state index contributed by atoms with van der Waals surface area (Å²) < 4.78 is 0. The van der Waals surface area contributed by atoms with Crippen LogP contribution in [0.25, 0.3) is 5.57 Å². The molecule has 0 saturated heterocycles. The lowest BCUT2D eigenvalue weighted by Crippen LogP contribution is -2.02. The predicted molar refractivity (Wildman–Crippen MR) is 88.5 cm³/mol. The van der Waals surface area contributed by atoms with Crippen molar-refractivity contribution in [1.29, 1.82) is 0 Å². The molecule has 0 heterocycles. The fourth-order valence-electron chi connectivity index (χ4n) is 2.95. The lowest BCUT2D eigenvalue weighted by atomic mass is 9.95. The van der Waals surface area contributed by atoms with Crippen LogP contribution >= 0.6 is 0 Å². The second-order valence-corrected chi connectivity index (χ2v) is 5.59. The molecule has 20 heavy (non-hydrogen) atoms. The summed E-state index contributed by atoms with van der Waals surface area (Å²) in [5.41, 5.74) is 5.00. The smallest absolute Gasteiger partial charge is 0.00278 e. The molecule has 0 unspecified atom stereocenters. The maximum atomic E-state index is 4.21. The molecule has 0 radical (unpaired) electrons. The molecule has 1 fully saturated rings. The topological polar surface area (TPSA) is 12.0 Å². The Labute approximate surface area is 123 Å². The standard InChI is InChI=1S/C19H25N/c1-15-8-4-7-11-19(15)16(2)12-13-18(14-20-3)17-9-5-6-10-17/h4,7-8,11-14,17,20H,2,5-6,9-10H2,1,3H3/b13-12-,18-14+. The maximum absolute atomic E-state index is 4.21. The number of nitrogens with one attached hydrogen (secondary N) is 1. The second-order valence-electron chi connectivity index (χ2n) is 5.59. The molecule has 0 aliphatic heterocycles. The van der Waals surface area contributed by atoms with Crippen LogP contribution in [-0.2, 0) is 0 Å². The third-order valence-corrected chi connectivity index (χ3v) is 4.11. The highest BCUT2D eigenvalue weighted by Gasteiger charge is 2.17. The number of benzene rings is 1. The van der Waals surface area contributed by atoms with Crippen molar-refractivity contribution < 1.29 is 0 Å². The molecular weight excluding hydrogens is 242 g/mol. The zero-order valence-corrected chi connectivity index (χ0v) is 12.7. The van der Waals surface area contributed by atoms with Gasteiger partial charge >= 0.3 is 0 Å².